The zero-order chi connectivity index (χ0) is 23.9. The third-order valence-electron chi connectivity index (χ3n) is 7.18. The second kappa shape index (κ2) is 8.61. The first kappa shape index (κ1) is 21.5. The molecule has 0 radical (unpaired) electrons. The van der Waals surface area contributed by atoms with Crippen LogP contribution in [0.25, 0.3) is 10.9 Å². The lowest BCUT2D eigenvalue weighted by molar-refractivity contribution is -0.121. The number of imidazole rings is 1. The Kier molecular flexibility index (Phi) is 5.28. The van der Waals surface area contributed by atoms with Crippen LogP contribution in [-0.2, 0) is 24.3 Å². The number of carbonyl (C=O) groups is 2. The van der Waals surface area contributed by atoms with Gasteiger partial charge < -0.3 is 24.3 Å². The molecule has 6 rings (SSSR count). The Bertz CT molecular complexity index is 1410. The predicted octanol–water partition coefficient (Wildman–Crippen LogP) is 3.19. The fourth-order valence-corrected chi connectivity index (χ4v) is 5.59. The van der Waals surface area contributed by atoms with Crippen LogP contribution < -0.4 is 10.2 Å². The molecule has 1 atom stereocenters. The minimum Gasteiger partial charge on any atom is -0.354 e. The Labute approximate surface area is 203 Å². The summed E-state index contributed by atoms with van der Waals surface area (Å²) in [7, 11) is 2.04. The number of benzene rings is 2. The average Bonchev–Trinajstić information content (AvgIpc) is 3.52. The number of hydrogen-bond acceptors (Lipinski definition) is 4. The van der Waals surface area contributed by atoms with Crippen molar-refractivity contribution in [1.82, 2.24) is 24.3 Å². The number of carbonyl (C=O) groups excluding carboxylic acids is 2. The molecule has 0 aliphatic carbocycles. The molecule has 2 aromatic carbocycles. The van der Waals surface area contributed by atoms with E-state index >= 15 is 0 Å². The van der Waals surface area contributed by atoms with Gasteiger partial charge in [-0.2, -0.15) is 0 Å². The van der Waals surface area contributed by atoms with Gasteiger partial charge in [-0.15, -0.1) is 0 Å². The summed E-state index contributed by atoms with van der Waals surface area (Å²) in [6.45, 7) is 2.28. The number of aromatic nitrogens is 3. The summed E-state index contributed by atoms with van der Waals surface area (Å²) in [6.07, 6.45) is 6.82. The van der Waals surface area contributed by atoms with Crippen LogP contribution in [0.4, 0.5) is 5.69 Å². The van der Waals surface area contributed by atoms with E-state index in [0.717, 1.165) is 47.2 Å². The zero-order valence-corrected chi connectivity index (χ0v) is 19.7. The van der Waals surface area contributed by atoms with Gasteiger partial charge in [-0.3, -0.25) is 9.59 Å². The van der Waals surface area contributed by atoms with Crippen LogP contribution in [0.15, 0.2) is 67.3 Å². The molecule has 0 saturated heterocycles. The van der Waals surface area contributed by atoms with Crippen molar-refractivity contribution >= 4 is 28.4 Å². The molecule has 4 aromatic rings. The Morgan fingerprint density at radius 1 is 1.14 bits per heavy atom. The number of aryl methyl sites for hydroxylation is 1. The second-order valence-corrected chi connectivity index (χ2v) is 9.22. The average molecular weight is 469 g/mol. The molecule has 4 heterocycles. The molecular formula is C27H28N6O2. The first-order valence-corrected chi connectivity index (χ1v) is 12.1. The van der Waals surface area contributed by atoms with Crippen molar-refractivity contribution in [3.8, 4) is 0 Å². The first-order valence-electron chi connectivity index (χ1n) is 12.1. The quantitative estimate of drug-likeness (QED) is 0.441. The van der Waals surface area contributed by atoms with Crippen molar-refractivity contribution in [2.45, 2.75) is 32.1 Å². The lowest BCUT2D eigenvalue weighted by atomic mass is 9.96. The number of hydrogen-bond donors (Lipinski definition) is 1. The van der Waals surface area contributed by atoms with E-state index < -0.39 is 0 Å². The molecule has 8 heteroatoms. The monoisotopic (exact) mass is 468 g/mol. The third-order valence-corrected chi connectivity index (χ3v) is 7.18. The molecule has 2 aliphatic rings. The molecule has 1 N–H and O–H groups in total. The van der Waals surface area contributed by atoms with E-state index in [1.165, 1.54) is 5.56 Å². The fraction of sp³-hybridized carbons (Fsp3) is 0.296. The topological polar surface area (TPSA) is 75.4 Å². The van der Waals surface area contributed by atoms with Crippen molar-refractivity contribution in [3.63, 3.8) is 0 Å². The van der Waals surface area contributed by atoms with E-state index in [1.807, 2.05) is 59.1 Å². The number of fused-ring (bicyclic) bond motifs is 6. The summed E-state index contributed by atoms with van der Waals surface area (Å²) in [5, 5.41) is 4.24. The molecule has 2 aliphatic heterocycles. The Hall–Kier alpha value is -4.07. The Morgan fingerprint density at radius 3 is 2.83 bits per heavy atom. The van der Waals surface area contributed by atoms with Gasteiger partial charge in [0.2, 0.25) is 5.91 Å². The van der Waals surface area contributed by atoms with Crippen LogP contribution in [0.2, 0.25) is 0 Å². The molecule has 35 heavy (non-hydrogen) atoms. The lowest BCUT2D eigenvalue weighted by Gasteiger charge is -2.46. The van der Waals surface area contributed by atoms with E-state index in [4.69, 9.17) is 0 Å². The molecule has 178 valence electrons. The normalized spacial score (nSPS) is 16.7. The van der Waals surface area contributed by atoms with E-state index in [9.17, 15) is 9.59 Å². The molecule has 2 aromatic heterocycles. The standard InChI is InChI=1S/C27H28N6O2/c1-30-22-9-4-3-8-21(22)27(35)32-15-11-20-19-7-2-5-10-23(19)33(25(20)26(30)32)17-24(34)29-12-6-14-31-16-13-28-18-31/h2-5,7-10,13,16,18,26H,6,11-12,14-15,17H2,1H3,(H,29,34). The van der Waals surface area contributed by atoms with Gasteiger partial charge in [0.1, 0.15) is 12.7 Å². The lowest BCUT2D eigenvalue weighted by Crippen LogP contribution is -2.51. The van der Waals surface area contributed by atoms with Crippen LogP contribution in [-0.4, -0.2) is 51.0 Å². The number of amides is 2. The van der Waals surface area contributed by atoms with Crippen molar-refractivity contribution in [2.75, 3.05) is 25.0 Å². The Balaban J connectivity index is 1.32. The van der Waals surface area contributed by atoms with Crippen LogP contribution in [0.5, 0.6) is 0 Å². The van der Waals surface area contributed by atoms with Crippen LogP contribution in [0.3, 0.4) is 0 Å². The highest BCUT2D eigenvalue weighted by molar-refractivity contribution is 6.02. The maximum Gasteiger partial charge on any atom is 0.257 e. The van der Waals surface area contributed by atoms with Gasteiger partial charge in [0.15, 0.2) is 0 Å². The summed E-state index contributed by atoms with van der Waals surface area (Å²) in [5.41, 5.74) is 4.96. The largest absolute Gasteiger partial charge is 0.354 e. The number of nitrogens with zero attached hydrogens (tertiary/aromatic N) is 5. The predicted molar refractivity (Wildman–Crippen MR) is 134 cm³/mol. The smallest absolute Gasteiger partial charge is 0.257 e. The first-order chi connectivity index (χ1) is 17.1. The summed E-state index contributed by atoms with van der Waals surface area (Å²) in [4.78, 5) is 34.7. The van der Waals surface area contributed by atoms with Gasteiger partial charge in [-0.25, -0.2) is 4.98 Å². The molecule has 0 spiro atoms. The van der Waals surface area contributed by atoms with E-state index in [0.29, 0.717) is 13.1 Å². The number of rotatable bonds is 6. The van der Waals surface area contributed by atoms with Crippen LogP contribution >= 0.6 is 0 Å². The van der Waals surface area contributed by atoms with Crippen molar-refractivity contribution in [2.24, 2.45) is 0 Å². The van der Waals surface area contributed by atoms with Gasteiger partial charge in [0, 0.05) is 50.0 Å². The Morgan fingerprint density at radius 2 is 1.97 bits per heavy atom. The van der Waals surface area contributed by atoms with Crippen molar-refractivity contribution in [3.05, 3.63) is 84.1 Å². The maximum atomic E-state index is 13.4. The van der Waals surface area contributed by atoms with E-state index in [1.54, 1.807) is 12.5 Å². The van der Waals surface area contributed by atoms with Crippen molar-refractivity contribution < 1.29 is 9.59 Å². The molecule has 0 saturated carbocycles. The molecule has 8 nitrogen and oxygen atoms in total. The number of anilines is 1. The van der Waals surface area contributed by atoms with Crippen LogP contribution in [0, 0.1) is 0 Å². The molecule has 1 unspecified atom stereocenters. The molecular weight excluding hydrogens is 440 g/mol. The summed E-state index contributed by atoms with van der Waals surface area (Å²) in [5.74, 6) is 0.0246. The summed E-state index contributed by atoms with van der Waals surface area (Å²) < 4.78 is 4.12. The minimum absolute atomic E-state index is 0.0264. The molecule has 0 fully saturated rings. The highest BCUT2D eigenvalue weighted by atomic mass is 16.2. The van der Waals surface area contributed by atoms with E-state index in [2.05, 4.69) is 31.9 Å². The molecule has 0 bridgehead atoms. The van der Waals surface area contributed by atoms with Crippen LogP contribution in [0.1, 0.15) is 34.2 Å². The second-order valence-electron chi connectivity index (χ2n) is 9.22. The van der Waals surface area contributed by atoms with Gasteiger partial charge in [-0.05, 0) is 36.6 Å². The zero-order valence-electron chi connectivity index (χ0n) is 19.7. The maximum absolute atomic E-state index is 13.4. The number of para-hydroxylation sites is 2. The fourth-order valence-electron chi connectivity index (χ4n) is 5.59. The van der Waals surface area contributed by atoms with Gasteiger partial charge in [-0.1, -0.05) is 30.3 Å². The third kappa shape index (κ3) is 3.56. The summed E-state index contributed by atoms with van der Waals surface area (Å²) >= 11 is 0. The highest BCUT2D eigenvalue weighted by Gasteiger charge is 2.42. The summed E-state index contributed by atoms with van der Waals surface area (Å²) in [6, 6.07) is 16.0. The van der Waals surface area contributed by atoms with Gasteiger partial charge >= 0.3 is 0 Å². The SMILES string of the molecule is CN1c2ccccc2C(=O)N2CCc3c(n(CC(=O)NCCCn4ccnc4)c4ccccc34)C21. The van der Waals surface area contributed by atoms with Gasteiger partial charge in [0.25, 0.3) is 5.91 Å². The highest BCUT2D eigenvalue weighted by Crippen LogP contribution is 2.44. The number of nitrogens with one attached hydrogen (secondary N) is 1. The van der Waals surface area contributed by atoms with Crippen molar-refractivity contribution in [1.29, 1.82) is 0 Å². The minimum atomic E-state index is -0.248. The van der Waals surface area contributed by atoms with Gasteiger partial charge in [0.05, 0.1) is 23.3 Å². The van der Waals surface area contributed by atoms with E-state index in [-0.39, 0.29) is 24.5 Å². The molecule has 2 amide bonds.